The highest BCUT2D eigenvalue weighted by Crippen LogP contribution is 2.51. The van der Waals surface area contributed by atoms with Crippen LogP contribution in [0.5, 0.6) is 0 Å². The summed E-state index contributed by atoms with van der Waals surface area (Å²) in [4.78, 5) is 2.38. The minimum absolute atomic E-state index is 0.184. The van der Waals surface area contributed by atoms with E-state index in [1.165, 1.54) is 54.5 Å². The van der Waals surface area contributed by atoms with Gasteiger partial charge in [-0.05, 0) is 90.9 Å². The van der Waals surface area contributed by atoms with Crippen molar-refractivity contribution in [3.8, 4) is 22.3 Å². The average molecular weight is 722 g/mol. The van der Waals surface area contributed by atoms with Crippen LogP contribution in [0.4, 0.5) is 17.1 Å². The van der Waals surface area contributed by atoms with Crippen LogP contribution in [0.1, 0.15) is 30.5 Å². The molecule has 0 bridgehead atoms. The van der Waals surface area contributed by atoms with Gasteiger partial charge in [0.25, 0.3) is 0 Å². The minimum Gasteiger partial charge on any atom is -0.310 e. The van der Waals surface area contributed by atoms with Crippen LogP contribution in [0.3, 0.4) is 0 Å². The first-order chi connectivity index (χ1) is 27.0. The van der Waals surface area contributed by atoms with Gasteiger partial charge in [0.2, 0.25) is 0 Å². The molecule has 0 aliphatic heterocycles. The van der Waals surface area contributed by atoms with Gasteiger partial charge in [-0.2, -0.15) is 0 Å². The van der Waals surface area contributed by atoms with Crippen molar-refractivity contribution in [3.05, 3.63) is 235 Å². The van der Waals surface area contributed by atoms with Crippen LogP contribution in [0, 0.1) is 0 Å². The second-order valence-corrected chi connectivity index (χ2v) is 18.7. The quantitative estimate of drug-likeness (QED) is 0.106. The molecule has 0 N–H and O–H groups in total. The van der Waals surface area contributed by atoms with Crippen LogP contribution in [0.15, 0.2) is 218 Å². The Morgan fingerprint density at radius 2 is 0.818 bits per heavy atom. The molecule has 8 aromatic carbocycles. The van der Waals surface area contributed by atoms with Crippen molar-refractivity contribution in [2.75, 3.05) is 4.90 Å². The molecule has 0 atom stereocenters. The molecule has 55 heavy (non-hydrogen) atoms. The fourth-order valence-electron chi connectivity index (χ4n) is 8.56. The highest BCUT2D eigenvalue weighted by atomic mass is 28.3. The van der Waals surface area contributed by atoms with E-state index in [9.17, 15) is 0 Å². The van der Waals surface area contributed by atoms with Gasteiger partial charge in [0.05, 0.1) is 0 Å². The van der Waals surface area contributed by atoms with Crippen molar-refractivity contribution < 1.29 is 0 Å². The van der Waals surface area contributed by atoms with Gasteiger partial charge in [0.1, 0.15) is 0 Å². The number of benzene rings is 8. The zero-order chi connectivity index (χ0) is 37.2. The second-order valence-electron chi connectivity index (χ2n) is 15.0. The van der Waals surface area contributed by atoms with Crippen molar-refractivity contribution >= 4 is 46.8 Å². The first-order valence-electron chi connectivity index (χ1n) is 19.2. The second kappa shape index (κ2) is 14.4. The van der Waals surface area contributed by atoms with Crippen molar-refractivity contribution in [3.63, 3.8) is 0 Å². The number of rotatable bonds is 9. The van der Waals surface area contributed by atoms with Crippen molar-refractivity contribution in [2.45, 2.75) is 19.3 Å². The molecule has 0 saturated carbocycles. The molecule has 0 radical (unpaired) electrons. The molecule has 0 saturated heterocycles. The first-order valence-corrected chi connectivity index (χ1v) is 21.3. The molecule has 0 unspecified atom stereocenters. The van der Waals surface area contributed by atoms with Gasteiger partial charge < -0.3 is 4.90 Å². The zero-order valence-corrected chi connectivity index (χ0v) is 32.3. The van der Waals surface area contributed by atoms with Crippen molar-refractivity contribution in [2.24, 2.45) is 0 Å². The highest BCUT2D eigenvalue weighted by Gasteiger charge is 2.38. The molecule has 1 nitrogen and oxygen atoms in total. The Kier molecular flexibility index (Phi) is 8.98. The highest BCUT2D eigenvalue weighted by molar-refractivity contribution is 7.15. The van der Waals surface area contributed by atoms with Crippen LogP contribution in [-0.4, -0.2) is 8.07 Å². The number of hydrogen-bond acceptors (Lipinski definition) is 1. The Morgan fingerprint density at radius 3 is 1.36 bits per heavy atom. The molecular weight excluding hydrogens is 679 g/mol. The zero-order valence-electron chi connectivity index (χ0n) is 31.3. The van der Waals surface area contributed by atoms with Crippen LogP contribution in [0.2, 0.25) is 0 Å². The Bertz CT molecular complexity index is 2480. The number of hydrogen-bond donors (Lipinski definition) is 0. The van der Waals surface area contributed by atoms with E-state index in [4.69, 9.17) is 0 Å². The van der Waals surface area contributed by atoms with E-state index < -0.39 is 8.07 Å². The van der Waals surface area contributed by atoms with Gasteiger partial charge >= 0.3 is 0 Å². The molecule has 0 aromatic heterocycles. The predicted octanol–water partition coefficient (Wildman–Crippen LogP) is 11.9. The summed E-state index contributed by atoms with van der Waals surface area (Å²) in [6.45, 7) is 4.76. The third kappa shape index (κ3) is 6.25. The Balaban J connectivity index is 1.11. The Hall–Kier alpha value is -6.48. The van der Waals surface area contributed by atoms with E-state index in [1.54, 1.807) is 0 Å². The third-order valence-electron chi connectivity index (χ3n) is 11.4. The number of fused-ring (bicyclic) bond motifs is 3. The molecular formula is C53H43NSi. The summed E-state index contributed by atoms with van der Waals surface area (Å²) in [7, 11) is -2.53. The molecule has 1 aliphatic rings. The summed E-state index contributed by atoms with van der Waals surface area (Å²) in [6.07, 6.45) is 2.39. The normalized spacial score (nSPS) is 13.0. The summed E-state index contributed by atoms with van der Waals surface area (Å²) >= 11 is 0. The molecule has 2 heteroatoms. The van der Waals surface area contributed by atoms with E-state index in [1.807, 2.05) is 0 Å². The maximum Gasteiger partial charge on any atom is 0.172 e. The first kappa shape index (κ1) is 34.3. The molecule has 9 rings (SSSR count). The Morgan fingerprint density at radius 1 is 0.400 bits per heavy atom. The summed E-state index contributed by atoms with van der Waals surface area (Å²) < 4.78 is 0. The summed E-state index contributed by atoms with van der Waals surface area (Å²) in [5, 5.41) is 4.13. The van der Waals surface area contributed by atoms with Gasteiger partial charge in [-0.3, -0.25) is 0 Å². The lowest BCUT2D eigenvalue weighted by molar-refractivity contribution is 0.660. The largest absolute Gasteiger partial charge is 0.310 e. The minimum atomic E-state index is -2.53. The van der Waals surface area contributed by atoms with Crippen molar-refractivity contribution in [1.29, 1.82) is 0 Å². The van der Waals surface area contributed by atoms with Gasteiger partial charge in [-0.1, -0.05) is 202 Å². The van der Waals surface area contributed by atoms with Gasteiger partial charge in [0, 0.05) is 22.5 Å². The van der Waals surface area contributed by atoms with Crippen LogP contribution in [-0.2, 0) is 5.41 Å². The molecule has 0 fully saturated rings. The van der Waals surface area contributed by atoms with E-state index in [0.717, 1.165) is 17.1 Å². The molecule has 0 amide bonds. The lowest BCUT2D eigenvalue weighted by Gasteiger charge is -2.31. The molecule has 0 spiro atoms. The lowest BCUT2D eigenvalue weighted by Crippen LogP contribution is -2.66. The Labute approximate surface area is 326 Å². The standard InChI is InChI=1S/C53H43NSi/c1-53(2)51-38-40(36-37-55(46-22-12-5-13-23-46,47-24-14-6-15-25-47)48-26-16-7-17-27-48)28-34-49(51)50-35-33-45(39-52(50)53)54(43-20-10-4-11-21-43)44-31-29-42(30-32-44)41-18-8-3-9-19-41/h3-39H,1-2H3. The summed E-state index contributed by atoms with van der Waals surface area (Å²) in [5.41, 5.74) is 14.8. The van der Waals surface area contributed by atoms with Gasteiger partial charge in [0.15, 0.2) is 8.07 Å². The predicted molar refractivity (Wildman–Crippen MR) is 237 cm³/mol. The van der Waals surface area contributed by atoms with Gasteiger partial charge in [-0.15, -0.1) is 0 Å². The maximum atomic E-state index is 2.54. The monoisotopic (exact) mass is 721 g/mol. The molecule has 1 aliphatic carbocycles. The van der Waals surface area contributed by atoms with Crippen LogP contribution < -0.4 is 20.5 Å². The average Bonchev–Trinajstić information content (AvgIpc) is 3.48. The summed E-state index contributed by atoms with van der Waals surface area (Å²) in [6, 6.07) is 77.7. The number of anilines is 3. The lowest BCUT2D eigenvalue weighted by atomic mass is 9.81. The summed E-state index contributed by atoms with van der Waals surface area (Å²) in [5.74, 6) is 0. The number of nitrogens with zero attached hydrogens (tertiary/aromatic N) is 1. The molecule has 264 valence electrons. The fraction of sp³-hybridized carbons (Fsp3) is 0.0566. The molecule has 0 heterocycles. The van der Waals surface area contributed by atoms with E-state index in [2.05, 4.69) is 243 Å². The van der Waals surface area contributed by atoms with Crippen LogP contribution in [0.25, 0.3) is 28.3 Å². The van der Waals surface area contributed by atoms with Crippen molar-refractivity contribution in [1.82, 2.24) is 0 Å². The van der Waals surface area contributed by atoms with Crippen LogP contribution >= 0.6 is 0 Å². The third-order valence-corrected chi connectivity index (χ3v) is 15.8. The van der Waals surface area contributed by atoms with Gasteiger partial charge in [-0.25, -0.2) is 0 Å². The molecule has 8 aromatic rings. The topological polar surface area (TPSA) is 3.24 Å². The van der Waals surface area contributed by atoms with E-state index in [0.29, 0.717) is 0 Å². The fourth-order valence-corrected chi connectivity index (χ4v) is 12.7. The number of para-hydroxylation sites is 1. The SMILES string of the molecule is CC1(C)c2cc(C=C[Si](c3ccccc3)(c3ccccc3)c3ccccc3)ccc2-c2ccc(N(c3ccccc3)c3ccc(-c4ccccc4)cc3)cc21. The van der Waals surface area contributed by atoms with E-state index >= 15 is 0 Å². The smallest absolute Gasteiger partial charge is 0.172 e. The maximum absolute atomic E-state index is 2.54. The van der Waals surface area contributed by atoms with E-state index in [-0.39, 0.29) is 5.41 Å².